The first-order valence-corrected chi connectivity index (χ1v) is 6.00. The van der Waals surface area contributed by atoms with Crippen LogP contribution in [-0.2, 0) is 13.1 Å². The summed E-state index contributed by atoms with van der Waals surface area (Å²) in [7, 11) is 1.63. The van der Waals surface area contributed by atoms with Gasteiger partial charge in [0.25, 0.3) is 0 Å². The first kappa shape index (κ1) is 13.4. The fourth-order valence-corrected chi connectivity index (χ4v) is 1.93. The number of methoxy groups -OCH3 is 1. The lowest BCUT2D eigenvalue weighted by molar-refractivity contribution is 0.407. The van der Waals surface area contributed by atoms with Gasteiger partial charge in [-0.2, -0.15) is 0 Å². The zero-order chi connectivity index (χ0) is 13.7. The van der Waals surface area contributed by atoms with Gasteiger partial charge in [-0.3, -0.25) is 0 Å². The summed E-state index contributed by atoms with van der Waals surface area (Å²) >= 11 is 0. The maximum absolute atomic E-state index is 13.1. The van der Waals surface area contributed by atoms with Gasteiger partial charge in [-0.1, -0.05) is 18.2 Å². The van der Waals surface area contributed by atoms with Gasteiger partial charge in [-0.05, 0) is 23.8 Å². The maximum Gasteiger partial charge on any atom is 0.127 e. The molecule has 2 N–H and O–H groups in total. The second-order valence-electron chi connectivity index (χ2n) is 4.23. The van der Waals surface area contributed by atoms with E-state index >= 15 is 0 Å². The summed E-state index contributed by atoms with van der Waals surface area (Å²) in [5, 5.41) is 12.5. The average molecular weight is 261 g/mol. The molecule has 0 aliphatic heterocycles. The van der Waals surface area contributed by atoms with Crippen LogP contribution >= 0.6 is 0 Å². The second kappa shape index (κ2) is 6.20. The van der Waals surface area contributed by atoms with Gasteiger partial charge in [0.1, 0.15) is 17.3 Å². The number of phenolic OH excluding ortho intramolecular Hbond substituents is 1. The van der Waals surface area contributed by atoms with Crippen molar-refractivity contribution in [1.82, 2.24) is 5.32 Å². The molecule has 2 rings (SSSR count). The fourth-order valence-electron chi connectivity index (χ4n) is 1.93. The number of ether oxygens (including phenoxy) is 1. The zero-order valence-corrected chi connectivity index (χ0v) is 10.7. The number of halogens is 1. The third-order valence-electron chi connectivity index (χ3n) is 2.78. The molecular formula is C15H16FNO2. The highest BCUT2D eigenvalue weighted by molar-refractivity contribution is 5.33. The molecule has 0 aromatic heterocycles. The van der Waals surface area contributed by atoms with E-state index in [0.29, 0.717) is 18.7 Å². The van der Waals surface area contributed by atoms with Crippen molar-refractivity contribution < 1.29 is 14.2 Å². The lowest BCUT2D eigenvalue weighted by atomic mass is 10.1. The second-order valence-corrected chi connectivity index (χ2v) is 4.23. The van der Waals surface area contributed by atoms with Crippen LogP contribution in [0.15, 0.2) is 42.5 Å². The van der Waals surface area contributed by atoms with Crippen LogP contribution in [-0.4, -0.2) is 12.2 Å². The summed E-state index contributed by atoms with van der Waals surface area (Å²) in [6.45, 7) is 1.09. The maximum atomic E-state index is 13.1. The standard InChI is InChI=1S/C15H16FNO2/c1-19-15-5-3-2-4-12(15)10-17-9-11-6-13(16)8-14(18)7-11/h2-8,17-18H,9-10H2,1H3. The van der Waals surface area contributed by atoms with E-state index in [-0.39, 0.29) is 5.75 Å². The van der Waals surface area contributed by atoms with E-state index in [1.54, 1.807) is 7.11 Å². The van der Waals surface area contributed by atoms with Crippen molar-refractivity contribution in [2.75, 3.05) is 7.11 Å². The molecule has 0 unspecified atom stereocenters. The Hall–Kier alpha value is -2.07. The Labute approximate surface area is 111 Å². The number of hydrogen-bond donors (Lipinski definition) is 2. The van der Waals surface area contributed by atoms with Crippen LogP contribution in [0, 0.1) is 5.82 Å². The van der Waals surface area contributed by atoms with E-state index in [4.69, 9.17) is 4.74 Å². The van der Waals surface area contributed by atoms with Gasteiger partial charge < -0.3 is 15.2 Å². The quantitative estimate of drug-likeness (QED) is 0.869. The monoisotopic (exact) mass is 261 g/mol. The zero-order valence-electron chi connectivity index (χ0n) is 10.7. The summed E-state index contributed by atoms with van der Waals surface area (Å²) < 4.78 is 18.3. The van der Waals surface area contributed by atoms with Crippen molar-refractivity contribution in [1.29, 1.82) is 0 Å². The summed E-state index contributed by atoms with van der Waals surface area (Å²) in [5.74, 6) is 0.320. The highest BCUT2D eigenvalue weighted by Crippen LogP contribution is 2.18. The van der Waals surface area contributed by atoms with Crippen molar-refractivity contribution in [3.63, 3.8) is 0 Å². The van der Waals surface area contributed by atoms with Crippen LogP contribution in [0.25, 0.3) is 0 Å². The molecule has 0 saturated carbocycles. The van der Waals surface area contributed by atoms with E-state index < -0.39 is 5.82 Å². The van der Waals surface area contributed by atoms with Crippen LogP contribution in [0.1, 0.15) is 11.1 Å². The Kier molecular flexibility index (Phi) is 4.36. The van der Waals surface area contributed by atoms with Crippen molar-refractivity contribution in [2.24, 2.45) is 0 Å². The Balaban J connectivity index is 1.96. The number of aromatic hydroxyl groups is 1. The Bertz CT molecular complexity index is 537. The molecule has 0 bridgehead atoms. The van der Waals surface area contributed by atoms with Crippen molar-refractivity contribution in [2.45, 2.75) is 13.1 Å². The minimum atomic E-state index is -0.436. The molecule has 0 aliphatic rings. The predicted molar refractivity (Wildman–Crippen MR) is 71.6 cm³/mol. The molecule has 4 heteroatoms. The van der Waals surface area contributed by atoms with E-state index in [0.717, 1.165) is 17.4 Å². The smallest absolute Gasteiger partial charge is 0.127 e. The Morgan fingerprint density at radius 3 is 2.68 bits per heavy atom. The van der Waals surface area contributed by atoms with Crippen LogP contribution in [0.4, 0.5) is 4.39 Å². The van der Waals surface area contributed by atoms with Gasteiger partial charge in [0.15, 0.2) is 0 Å². The highest BCUT2D eigenvalue weighted by Gasteiger charge is 2.02. The SMILES string of the molecule is COc1ccccc1CNCc1cc(O)cc(F)c1. The normalized spacial score (nSPS) is 10.4. The van der Waals surface area contributed by atoms with Gasteiger partial charge in [-0.15, -0.1) is 0 Å². The molecule has 0 spiro atoms. The van der Waals surface area contributed by atoms with Crippen LogP contribution in [0.5, 0.6) is 11.5 Å². The molecule has 0 fully saturated rings. The third kappa shape index (κ3) is 3.69. The first-order valence-electron chi connectivity index (χ1n) is 6.00. The van der Waals surface area contributed by atoms with E-state index in [2.05, 4.69) is 5.32 Å². The van der Waals surface area contributed by atoms with Crippen molar-refractivity contribution >= 4 is 0 Å². The van der Waals surface area contributed by atoms with Gasteiger partial charge in [0.2, 0.25) is 0 Å². The fraction of sp³-hybridized carbons (Fsp3) is 0.200. The van der Waals surface area contributed by atoms with Gasteiger partial charge >= 0.3 is 0 Å². The Morgan fingerprint density at radius 2 is 1.95 bits per heavy atom. The molecule has 0 heterocycles. The Morgan fingerprint density at radius 1 is 1.16 bits per heavy atom. The molecule has 2 aromatic rings. The minimum absolute atomic E-state index is 0.0610. The summed E-state index contributed by atoms with van der Waals surface area (Å²) in [5.41, 5.74) is 1.73. The summed E-state index contributed by atoms with van der Waals surface area (Å²) in [6, 6.07) is 11.7. The van der Waals surface area contributed by atoms with Gasteiger partial charge in [0.05, 0.1) is 7.11 Å². The minimum Gasteiger partial charge on any atom is -0.508 e. The van der Waals surface area contributed by atoms with Crippen LogP contribution in [0.2, 0.25) is 0 Å². The molecule has 0 atom stereocenters. The lowest BCUT2D eigenvalue weighted by Crippen LogP contribution is -2.13. The molecule has 0 radical (unpaired) electrons. The number of nitrogens with one attached hydrogen (secondary N) is 1. The highest BCUT2D eigenvalue weighted by atomic mass is 19.1. The molecule has 3 nitrogen and oxygen atoms in total. The predicted octanol–water partition coefficient (Wildman–Crippen LogP) is 2.83. The third-order valence-corrected chi connectivity index (χ3v) is 2.78. The largest absolute Gasteiger partial charge is 0.508 e. The van der Waals surface area contributed by atoms with Crippen LogP contribution in [0.3, 0.4) is 0 Å². The van der Waals surface area contributed by atoms with Crippen LogP contribution < -0.4 is 10.1 Å². The van der Waals surface area contributed by atoms with Crippen molar-refractivity contribution in [3.05, 3.63) is 59.4 Å². The molecule has 100 valence electrons. The molecule has 0 saturated heterocycles. The topological polar surface area (TPSA) is 41.5 Å². The van der Waals surface area contributed by atoms with E-state index in [1.165, 1.54) is 12.1 Å². The number of phenols is 1. The molecule has 0 amide bonds. The number of para-hydroxylation sites is 1. The van der Waals surface area contributed by atoms with E-state index in [1.807, 2.05) is 24.3 Å². The first-order chi connectivity index (χ1) is 9.19. The number of benzene rings is 2. The summed E-state index contributed by atoms with van der Waals surface area (Å²) in [6.07, 6.45) is 0. The number of rotatable bonds is 5. The summed E-state index contributed by atoms with van der Waals surface area (Å²) in [4.78, 5) is 0. The van der Waals surface area contributed by atoms with Gasteiger partial charge in [0, 0.05) is 24.7 Å². The van der Waals surface area contributed by atoms with E-state index in [9.17, 15) is 9.50 Å². The number of hydrogen-bond acceptors (Lipinski definition) is 3. The molecular weight excluding hydrogens is 245 g/mol. The lowest BCUT2D eigenvalue weighted by Gasteiger charge is -2.09. The molecule has 19 heavy (non-hydrogen) atoms. The van der Waals surface area contributed by atoms with Crippen molar-refractivity contribution in [3.8, 4) is 11.5 Å². The average Bonchev–Trinajstić information content (AvgIpc) is 2.38. The molecule has 2 aromatic carbocycles. The molecule has 0 aliphatic carbocycles. The van der Waals surface area contributed by atoms with Gasteiger partial charge in [-0.25, -0.2) is 4.39 Å².